The van der Waals surface area contributed by atoms with Crippen LogP contribution < -0.4 is 10.6 Å². The fraction of sp³-hybridized carbons (Fsp3) is 0.500. The van der Waals surface area contributed by atoms with Gasteiger partial charge in [-0.3, -0.25) is 4.79 Å². The van der Waals surface area contributed by atoms with Gasteiger partial charge in [-0.2, -0.15) is 0 Å². The Kier molecular flexibility index (Phi) is 3.82. The lowest BCUT2D eigenvalue weighted by molar-refractivity contribution is -0.115. The molecule has 1 saturated heterocycles. The normalized spacial score (nSPS) is 19.1. The minimum atomic E-state index is -0.271. The molecule has 0 radical (unpaired) electrons. The first-order valence-electron chi connectivity index (χ1n) is 5.93. The molecule has 0 saturated carbocycles. The molecular weight excluding hydrogens is 257 g/mol. The first kappa shape index (κ1) is 13.2. The molecule has 1 aromatic heterocycles. The number of halogens is 2. The summed E-state index contributed by atoms with van der Waals surface area (Å²) in [5, 5.41) is 5.93. The molecule has 1 amide bonds. The number of hydrogen-bond acceptors (Lipinski definition) is 3. The minimum absolute atomic E-state index is 0. The maximum Gasteiger partial charge on any atom is 0.230 e. The SMILES string of the molecule is Cl.O=C1Cc2c(ncc(F)c2C2CCNCC2)N1. The fourth-order valence-corrected chi connectivity index (χ4v) is 2.72. The number of anilines is 1. The van der Waals surface area contributed by atoms with Crippen LogP contribution in [0.2, 0.25) is 0 Å². The van der Waals surface area contributed by atoms with Crippen molar-refractivity contribution in [2.75, 3.05) is 18.4 Å². The highest BCUT2D eigenvalue weighted by atomic mass is 35.5. The largest absolute Gasteiger partial charge is 0.317 e. The molecule has 4 nitrogen and oxygen atoms in total. The third-order valence-corrected chi connectivity index (χ3v) is 3.52. The average molecular weight is 272 g/mol. The molecule has 98 valence electrons. The molecule has 0 unspecified atom stereocenters. The molecule has 0 aliphatic carbocycles. The fourth-order valence-electron chi connectivity index (χ4n) is 2.72. The zero-order valence-corrected chi connectivity index (χ0v) is 10.6. The quantitative estimate of drug-likeness (QED) is 0.816. The molecule has 2 aliphatic heterocycles. The van der Waals surface area contributed by atoms with Crippen LogP contribution in [0.4, 0.5) is 10.2 Å². The predicted molar refractivity (Wildman–Crippen MR) is 68.6 cm³/mol. The second-order valence-electron chi connectivity index (χ2n) is 4.60. The van der Waals surface area contributed by atoms with Crippen LogP contribution >= 0.6 is 12.4 Å². The van der Waals surface area contributed by atoms with Crippen LogP contribution in [0.15, 0.2) is 6.20 Å². The first-order chi connectivity index (χ1) is 8.25. The van der Waals surface area contributed by atoms with Gasteiger partial charge in [-0.25, -0.2) is 9.37 Å². The Morgan fingerprint density at radius 1 is 1.33 bits per heavy atom. The van der Waals surface area contributed by atoms with Gasteiger partial charge in [0.1, 0.15) is 11.6 Å². The predicted octanol–water partition coefficient (Wildman–Crippen LogP) is 1.60. The van der Waals surface area contributed by atoms with E-state index < -0.39 is 0 Å². The summed E-state index contributed by atoms with van der Waals surface area (Å²) in [6, 6.07) is 0. The van der Waals surface area contributed by atoms with Crippen molar-refractivity contribution in [1.82, 2.24) is 10.3 Å². The number of nitrogens with one attached hydrogen (secondary N) is 2. The Hall–Kier alpha value is -1.20. The summed E-state index contributed by atoms with van der Waals surface area (Å²) in [6.07, 6.45) is 3.32. The van der Waals surface area contributed by atoms with Gasteiger partial charge >= 0.3 is 0 Å². The summed E-state index contributed by atoms with van der Waals surface area (Å²) in [4.78, 5) is 15.3. The lowest BCUT2D eigenvalue weighted by atomic mass is 9.87. The zero-order chi connectivity index (χ0) is 11.8. The molecule has 3 rings (SSSR count). The number of hydrogen-bond donors (Lipinski definition) is 2. The number of aromatic nitrogens is 1. The highest BCUT2D eigenvalue weighted by Gasteiger charge is 2.29. The molecule has 0 bridgehead atoms. The molecule has 0 aromatic carbocycles. The van der Waals surface area contributed by atoms with Crippen LogP contribution in [0.25, 0.3) is 0 Å². The van der Waals surface area contributed by atoms with Crippen LogP contribution in [-0.4, -0.2) is 24.0 Å². The summed E-state index contributed by atoms with van der Waals surface area (Å²) in [6.45, 7) is 1.81. The Bertz CT molecular complexity index is 475. The Labute approximate surface area is 111 Å². The van der Waals surface area contributed by atoms with Gasteiger partial charge in [-0.15, -0.1) is 12.4 Å². The zero-order valence-electron chi connectivity index (χ0n) is 9.83. The molecule has 3 heterocycles. The second kappa shape index (κ2) is 5.20. The number of piperidine rings is 1. The number of carbonyl (C=O) groups is 1. The van der Waals surface area contributed by atoms with E-state index in [1.54, 1.807) is 0 Å². The van der Waals surface area contributed by atoms with E-state index in [1.807, 2.05) is 0 Å². The lowest BCUT2D eigenvalue weighted by Crippen LogP contribution is -2.27. The van der Waals surface area contributed by atoms with Crippen molar-refractivity contribution < 1.29 is 9.18 Å². The van der Waals surface area contributed by atoms with E-state index in [-0.39, 0.29) is 36.5 Å². The smallest absolute Gasteiger partial charge is 0.230 e. The van der Waals surface area contributed by atoms with Gasteiger partial charge in [0.25, 0.3) is 0 Å². The van der Waals surface area contributed by atoms with E-state index in [4.69, 9.17) is 0 Å². The standard InChI is InChI=1S/C12H14FN3O.ClH/c13-9-6-15-12-8(5-10(17)16-12)11(9)7-1-3-14-4-2-7;/h6-7,14H,1-5H2,(H,15,16,17);1H. The maximum absolute atomic E-state index is 13.9. The number of rotatable bonds is 1. The second-order valence-corrected chi connectivity index (χ2v) is 4.60. The van der Waals surface area contributed by atoms with E-state index in [9.17, 15) is 9.18 Å². The highest BCUT2D eigenvalue weighted by Crippen LogP contribution is 2.35. The topological polar surface area (TPSA) is 54.0 Å². The lowest BCUT2D eigenvalue weighted by Gasteiger charge is -2.24. The van der Waals surface area contributed by atoms with Crippen LogP contribution in [0.5, 0.6) is 0 Å². The van der Waals surface area contributed by atoms with Crippen molar-refractivity contribution in [1.29, 1.82) is 0 Å². The molecule has 2 N–H and O–H groups in total. The molecule has 18 heavy (non-hydrogen) atoms. The maximum atomic E-state index is 13.9. The Morgan fingerprint density at radius 3 is 2.78 bits per heavy atom. The summed E-state index contributed by atoms with van der Waals surface area (Å²) in [5.74, 6) is 0.395. The highest BCUT2D eigenvalue weighted by molar-refractivity contribution is 5.98. The van der Waals surface area contributed by atoms with Gasteiger partial charge in [-0.05, 0) is 31.8 Å². The molecule has 1 aromatic rings. The van der Waals surface area contributed by atoms with E-state index >= 15 is 0 Å². The third-order valence-electron chi connectivity index (χ3n) is 3.52. The molecule has 1 fully saturated rings. The van der Waals surface area contributed by atoms with Gasteiger partial charge in [-0.1, -0.05) is 0 Å². The van der Waals surface area contributed by atoms with Gasteiger partial charge < -0.3 is 10.6 Å². The van der Waals surface area contributed by atoms with Crippen LogP contribution in [0.3, 0.4) is 0 Å². The molecule has 2 aliphatic rings. The van der Waals surface area contributed by atoms with Crippen LogP contribution in [-0.2, 0) is 11.2 Å². The number of amides is 1. The van der Waals surface area contributed by atoms with Gasteiger partial charge in [0.2, 0.25) is 5.91 Å². The molecule has 6 heteroatoms. The minimum Gasteiger partial charge on any atom is -0.317 e. The van der Waals surface area contributed by atoms with Gasteiger partial charge in [0, 0.05) is 11.1 Å². The number of fused-ring (bicyclic) bond motifs is 1. The van der Waals surface area contributed by atoms with E-state index in [0.717, 1.165) is 31.5 Å². The number of pyridine rings is 1. The third kappa shape index (κ3) is 2.20. The molecule has 0 atom stereocenters. The van der Waals surface area contributed by atoms with Gasteiger partial charge in [0.05, 0.1) is 12.6 Å². The summed E-state index contributed by atoms with van der Waals surface area (Å²) in [5.41, 5.74) is 1.47. The summed E-state index contributed by atoms with van der Waals surface area (Å²) >= 11 is 0. The van der Waals surface area contributed by atoms with Crippen molar-refractivity contribution in [3.8, 4) is 0 Å². The van der Waals surface area contributed by atoms with Crippen LogP contribution in [0.1, 0.15) is 29.9 Å². The van der Waals surface area contributed by atoms with Crippen LogP contribution in [0, 0.1) is 5.82 Å². The van der Waals surface area contributed by atoms with E-state index in [0.29, 0.717) is 11.4 Å². The Balaban J connectivity index is 0.00000120. The van der Waals surface area contributed by atoms with E-state index in [1.165, 1.54) is 6.20 Å². The summed E-state index contributed by atoms with van der Waals surface area (Å²) in [7, 11) is 0. The van der Waals surface area contributed by atoms with Gasteiger partial charge in [0.15, 0.2) is 0 Å². The molecular formula is C12H15ClFN3O. The number of nitrogens with zero attached hydrogens (tertiary/aromatic N) is 1. The molecule has 0 spiro atoms. The number of carbonyl (C=O) groups excluding carboxylic acids is 1. The van der Waals surface area contributed by atoms with Crippen molar-refractivity contribution >= 4 is 24.1 Å². The van der Waals surface area contributed by atoms with E-state index in [2.05, 4.69) is 15.6 Å². The van der Waals surface area contributed by atoms with Crippen molar-refractivity contribution in [2.24, 2.45) is 0 Å². The monoisotopic (exact) mass is 271 g/mol. The van der Waals surface area contributed by atoms with Crippen molar-refractivity contribution in [3.05, 3.63) is 23.1 Å². The Morgan fingerprint density at radius 2 is 2.06 bits per heavy atom. The average Bonchev–Trinajstić information content (AvgIpc) is 2.70. The summed E-state index contributed by atoms with van der Waals surface area (Å²) < 4.78 is 13.9. The first-order valence-corrected chi connectivity index (χ1v) is 5.93. The van der Waals surface area contributed by atoms with Crippen molar-refractivity contribution in [2.45, 2.75) is 25.2 Å². The van der Waals surface area contributed by atoms with Crippen molar-refractivity contribution in [3.63, 3.8) is 0 Å².